The molecule has 1 N–H and O–H groups in total. The molecule has 0 unspecified atom stereocenters. The van der Waals surface area contributed by atoms with Crippen molar-refractivity contribution in [2.75, 3.05) is 31.4 Å². The van der Waals surface area contributed by atoms with Crippen LogP contribution in [0.2, 0.25) is 0 Å². The molecule has 28 heavy (non-hydrogen) atoms. The molecular formula is C22H23N3O3. The molecule has 0 spiro atoms. The molecule has 2 aromatic carbocycles. The summed E-state index contributed by atoms with van der Waals surface area (Å²) in [4.78, 5) is 14.6. The number of aryl methyl sites for hydroxylation is 1. The van der Waals surface area contributed by atoms with Crippen molar-refractivity contribution in [3.8, 4) is 5.75 Å². The summed E-state index contributed by atoms with van der Waals surface area (Å²) in [5.41, 5.74) is 3.62. The predicted molar refractivity (Wildman–Crippen MR) is 112 cm³/mol. The van der Waals surface area contributed by atoms with Crippen LogP contribution in [0.4, 0.5) is 11.4 Å². The fourth-order valence-corrected chi connectivity index (χ4v) is 2.66. The summed E-state index contributed by atoms with van der Waals surface area (Å²) in [6.07, 6.45) is 3.71. The van der Waals surface area contributed by atoms with Crippen LogP contribution >= 0.6 is 0 Å². The van der Waals surface area contributed by atoms with Gasteiger partial charge in [0.25, 0.3) is 5.91 Å². The largest absolute Gasteiger partial charge is 0.497 e. The van der Waals surface area contributed by atoms with Gasteiger partial charge in [0.2, 0.25) is 0 Å². The average Bonchev–Trinajstić information content (AvgIpc) is 3.06. The van der Waals surface area contributed by atoms with E-state index in [2.05, 4.69) is 10.5 Å². The molecule has 1 aromatic heterocycles. The average molecular weight is 377 g/mol. The van der Waals surface area contributed by atoms with Gasteiger partial charge in [-0.05, 0) is 48.9 Å². The predicted octanol–water partition coefficient (Wildman–Crippen LogP) is 4.48. The van der Waals surface area contributed by atoms with Crippen LogP contribution in [0.3, 0.4) is 0 Å². The molecule has 0 aliphatic carbocycles. The first-order valence-corrected chi connectivity index (χ1v) is 8.85. The van der Waals surface area contributed by atoms with E-state index in [4.69, 9.17) is 9.26 Å². The van der Waals surface area contributed by atoms with E-state index in [-0.39, 0.29) is 5.91 Å². The minimum Gasteiger partial charge on any atom is -0.497 e. The van der Waals surface area contributed by atoms with Crippen molar-refractivity contribution in [2.24, 2.45) is 0 Å². The maximum atomic E-state index is 12.7. The van der Waals surface area contributed by atoms with Crippen LogP contribution in [0, 0.1) is 6.92 Å². The molecule has 3 rings (SSSR count). The smallest absolute Gasteiger partial charge is 0.255 e. The van der Waals surface area contributed by atoms with Gasteiger partial charge in [-0.25, -0.2) is 0 Å². The lowest BCUT2D eigenvalue weighted by molar-refractivity contribution is 0.102. The molecule has 144 valence electrons. The minimum atomic E-state index is -0.214. The van der Waals surface area contributed by atoms with Crippen molar-refractivity contribution < 1.29 is 14.1 Å². The zero-order chi connectivity index (χ0) is 20.1. The number of hydrogen-bond donors (Lipinski definition) is 1. The third-order valence-corrected chi connectivity index (χ3v) is 4.30. The summed E-state index contributed by atoms with van der Waals surface area (Å²) < 4.78 is 10.4. The van der Waals surface area contributed by atoms with Gasteiger partial charge in [0.15, 0.2) is 5.76 Å². The number of carbonyl (C=O) groups is 1. The quantitative estimate of drug-likeness (QED) is 0.686. The first-order chi connectivity index (χ1) is 13.5. The number of nitrogens with zero attached hydrogens (tertiary/aromatic N) is 2. The maximum Gasteiger partial charge on any atom is 0.255 e. The number of aromatic nitrogens is 1. The van der Waals surface area contributed by atoms with E-state index >= 15 is 0 Å². The Hall–Kier alpha value is -3.54. The Kier molecular flexibility index (Phi) is 5.79. The van der Waals surface area contributed by atoms with Gasteiger partial charge in [-0.1, -0.05) is 29.4 Å². The molecule has 0 saturated heterocycles. The fraction of sp³-hybridized carbons (Fsp3) is 0.182. The Morgan fingerprint density at radius 1 is 1.14 bits per heavy atom. The standard InChI is InChI=1S/C22H23N3O3/c1-15-21(23-22(26)17-6-5-7-18(14-17)25(2)3)20(24-28-15)13-10-16-8-11-19(27-4)12-9-16/h5-14H,1-4H3,(H,23,26). The number of hydrogen-bond acceptors (Lipinski definition) is 5. The molecule has 6 nitrogen and oxygen atoms in total. The van der Waals surface area contributed by atoms with Crippen LogP contribution in [-0.4, -0.2) is 32.3 Å². The Morgan fingerprint density at radius 2 is 1.89 bits per heavy atom. The first-order valence-electron chi connectivity index (χ1n) is 8.85. The van der Waals surface area contributed by atoms with Crippen molar-refractivity contribution >= 4 is 29.4 Å². The van der Waals surface area contributed by atoms with Crippen LogP contribution in [0.1, 0.15) is 27.4 Å². The molecule has 0 aliphatic rings. The van der Waals surface area contributed by atoms with Crippen LogP contribution < -0.4 is 15.0 Å². The molecule has 1 heterocycles. The Balaban J connectivity index is 1.79. The normalized spacial score (nSPS) is 10.9. The monoisotopic (exact) mass is 377 g/mol. The van der Waals surface area contributed by atoms with Gasteiger partial charge in [-0.15, -0.1) is 0 Å². The molecule has 0 radical (unpaired) electrons. The highest BCUT2D eigenvalue weighted by Gasteiger charge is 2.15. The highest BCUT2D eigenvalue weighted by molar-refractivity contribution is 6.06. The van der Waals surface area contributed by atoms with Gasteiger partial charge >= 0.3 is 0 Å². The summed E-state index contributed by atoms with van der Waals surface area (Å²) in [5, 5.41) is 6.96. The molecule has 0 aliphatic heterocycles. The number of amides is 1. The van der Waals surface area contributed by atoms with Gasteiger partial charge in [-0.3, -0.25) is 4.79 Å². The third-order valence-electron chi connectivity index (χ3n) is 4.30. The second kappa shape index (κ2) is 8.43. The zero-order valence-corrected chi connectivity index (χ0v) is 16.4. The maximum absolute atomic E-state index is 12.7. The van der Waals surface area contributed by atoms with Crippen molar-refractivity contribution in [3.63, 3.8) is 0 Å². The molecule has 0 saturated carbocycles. The number of ether oxygens (including phenoxy) is 1. The molecule has 3 aromatic rings. The Morgan fingerprint density at radius 3 is 2.57 bits per heavy atom. The van der Waals surface area contributed by atoms with Crippen LogP contribution in [0.25, 0.3) is 12.2 Å². The van der Waals surface area contributed by atoms with Gasteiger partial charge in [0, 0.05) is 25.3 Å². The van der Waals surface area contributed by atoms with Gasteiger partial charge in [0.1, 0.15) is 17.1 Å². The Labute approximate surface area is 164 Å². The highest BCUT2D eigenvalue weighted by atomic mass is 16.5. The van der Waals surface area contributed by atoms with E-state index < -0.39 is 0 Å². The van der Waals surface area contributed by atoms with Gasteiger partial charge < -0.3 is 19.5 Å². The fourth-order valence-electron chi connectivity index (χ4n) is 2.66. The van der Waals surface area contributed by atoms with Crippen LogP contribution in [0.5, 0.6) is 5.75 Å². The third kappa shape index (κ3) is 4.40. The van der Waals surface area contributed by atoms with Gasteiger partial charge in [0.05, 0.1) is 7.11 Å². The lowest BCUT2D eigenvalue weighted by Gasteiger charge is -2.13. The lowest BCUT2D eigenvalue weighted by Crippen LogP contribution is -2.14. The van der Waals surface area contributed by atoms with Crippen LogP contribution in [-0.2, 0) is 0 Å². The van der Waals surface area contributed by atoms with Crippen LogP contribution in [0.15, 0.2) is 53.1 Å². The first kappa shape index (κ1) is 19.2. The molecule has 0 fully saturated rings. The second-order valence-corrected chi connectivity index (χ2v) is 6.50. The van der Waals surface area contributed by atoms with E-state index in [0.29, 0.717) is 22.7 Å². The number of anilines is 2. The summed E-state index contributed by atoms with van der Waals surface area (Å²) in [7, 11) is 5.50. The number of carbonyl (C=O) groups excluding carboxylic acids is 1. The number of rotatable bonds is 6. The summed E-state index contributed by atoms with van der Waals surface area (Å²) in [6, 6.07) is 15.1. The topological polar surface area (TPSA) is 67.6 Å². The van der Waals surface area contributed by atoms with Gasteiger partial charge in [-0.2, -0.15) is 0 Å². The summed E-state index contributed by atoms with van der Waals surface area (Å²) in [5.74, 6) is 1.13. The van der Waals surface area contributed by atoms with E-state index in [1.54, 1.807) is 20.1 Å². The molecule has 0 bridgehead atoms. The number of methoxy groups -OCH3 is 1. The Bertz CT molecular complexity index is 989. The molecular weight excluding hydrogens is 354 g/mol. The van der Waals surface area contributed by atoms with Crippen molar-refractivity contribution in [1.82, 2.24) is 5.16 Å². The highest BCUT2D eigenvalue weighted by Crippen LogP contribution is 2.24. The minimum absolute atomic E-state index is 0.214. The molecule has 1 amide bonds. The summed E-state index contributed by atoms with van der Waals surface area (Å²) >= 11 is 0. The zero-order valence-electron chi connectivity index (χ0n) is 16.4. The molecule has 6 heteroatoms. The van der Waals surface area contributed by atoms with Crippen molar-refractivity contribution in [2.45, 2.75) is 6.92 Å². The summed E-state index contributed by atoms with van der Waals surface area (Å²) in [6.45, 7) is 1.77. The lowest BCUT2D eigenvalue weighted by atomic mass is 10.1. The van der Waals surface area contributed by atoms with E-state index in [1.807, 2.05) is 73.6 Å². The number of benzene rings is 2. The second-order valence-electron chi connectivity index (χ2n) is 6.50. The van der Waals surface area contributed by atoms with Crippen molar-refractivity contribution in [1.29, 1.82) is 0 Å². The number of nitrogens with one attached hydrogen (secondary N) is 1. The van der Waals surface area contributed by atoms with E-state index in [9.17, 15) is 4.79 Å². The molecule has 0 atom stereocenters. The van der Waals surface area contributed by atoms with Crippen molar-refractivity contribution in [3.05, 3.63) is 71.1 Å². The van der Waals surface area contributed by atoms with E-state index in [0.717, 1.165) is 17.0 Å². The van der Waals surface area contributed by atoms with E-state index in [1.165, 1.54) is 0 Å². The SMILES string of the molecule is COc1ccc(C=Cc2noc(C)c2NC(=O)c2cccc(N(C)C)c2)cc1.